The van der Waals surface area contributed by atoms with Gasteiger partial charge in [-0.25, -0.2) is 4.99 Å². The van der Waals surface area contributed by atoms with Gasteiger partial charge in [0.1, 0.15) is 5.75 Å². The molecule has 0 unspecified atom stereocenters. The Morgan fingerprint density at radius 2 is 1.91 bits per heavy atom. The van der Waals surface area contributed by atoms with Crippen LogP contribution in [-0.4, -0.2) is 28.1 Å². The summed E-state index contributed by atoms with van der Waals surface area (Å²) < 4.78 is 0. The highest BCUT2D eigenvalue weighted by atomic mass is 32.2. The molecule has 1 aliphatic rings. The number of aliphatic imine (C=N–C) groups is 1. The SMILES string of the molecule is Cc1ccc(/C=C2\SC(=Nc3cccc(O)c3)N(C)C2=O)cc1. The molecular weight excluding hydrogens is 308 g/mol. The van der Waals surface area contributed by atoms with Crippen LogP contribution in [0.15, 0.2) is 58.4 Å². The first kappa shape index (κ1) is 15.4. The van der Waals surface area contributed by atoms with Crippen LogP contribution < -0.4 is 0 Å². The van der Waals surface area contributed by atoms with Gasteiger partial charge < -0.3 is 5.11 Å². The van der Waals surface area contributed by atoms with Gasteiger partial charge in [-0.15, -0.1) is 0 Å². The molecule has 2 aromatic carbocycles. The second-order valence-electron chi connectivity index (χ2n) is 5.30. The Hall–Kier alpha value is -2.53. The zero-order chi connectivity index (χ0) is 16.4. The highest BCUT2D eigenvalue weighted by molar-refractivity contribution is 8.18. The van der Waals surface area contributed by atoms with Gasteiger partial charge in [0.25, 0.3) is 5.91 Å². The van der Waals surface area contributed by atoms with Gasteiger partial charge in [-0.05, 0) is 42.5 Å². The van der Waals surface area contributed by atoms with Crippen molar-refractivity contribution < 1.29 is 9.90 Å². The third-order valence-electron chi connectivity index (χ3n) is 3.43. The Labute approximate surface area is 139 Å². The topological polar surface area (TPSA) is 52.9 Å². The van der Waals surface area contributed by atoms with E-state index in [0.717, 1.165) is 5.56 Å². The molecule has 0 radical (unpaired) electrons. The molecule has 0 spiro atoms. The molecule has 0 saturated carbocycles. The van der Waals surface area contributed by atoms with Gasteiger partial charge in [-0.3, -0.25) is 9.69 Å². The standard InChI is InChI=1S/C18H16N2O2S/c1-12-6-8-13(9-7-12)10-16-17(22)20(2)18(23-16)19-14-4-3-5-15(21)11-14/h3-11,21H,1-2H3/b16-10-,19-18?. The molecule has 0 aliphatic carbocycles. The average molecular weight is 324 g/mol. The quantitative estimate of drug-likeness (QED) is 0.852. The van der Waals surface area contributed by atoms with E-state index in [-0.39, 0.29) is 11.7 Å². The molecule has 0 bridgehead atoms. The van der Waals surface area contributed by atoms with E-state index in [0.29, 0.717) is 15.8 Å². The van der Waals surface area contributed by atoms with E-state index < -0.39 is 0 Å². The van der Waals surface area contributed by atoms with Crippen molar-refractivity contribution in [3.63, 3.8) is 0 Å². The molecule has 3 rings (SSSR count). The van der Waals surface area contributed by atoms with Gasteiger partial charge in [0.2, 0.25) is 0 Å². The highest BCUT2D eigenvalue weighted by Crippen LogP contribution is 2.33. The molecule has 23 heavy (non-hydrogen) atoms. The van der Waals surface area contributed by atoms with Gasteiger partial charge in [0.15, 0.2) is 5.17 Å². The third kappa shape index (κ3) is 3.46. The normalized spacial score (nSPS) is 18.2. The maximum Gasteiger partial charge on any atom is 0.266 e. The van der Waals surface area contributed by atoms with Crippen LogP contribution in [0.3, 0.4) is 0 Å². The second kappa shape index (κ2) is 6.30. The van der Waals surface area contributed by atoms with Gasteiger partial charge >= 0.3 is 0 Å². The Morgan fingerprint density at radius 3 is 2.61 bits per heavy atom. The number of benzene rings is 2. The molecule has 1 saturated heterocycles. The average Bonchev–Trinajstić information content (AvgIpc) is 2.78. The summed E-state index contributed by atoms with van der Waals surface area (Å²) in [6, 6.07) is 14.7. The van der Waals surface area contributed by atoms with Crippen LogP contribution in [-0.2, 0) is 4.79 Å². The number of carbonyl (C=O) groups is 1. The molecule has 4 nitrogen and oxygen atoms in total. The maximum absolute atomic E-state index is 12.4. The zero-order valence-corrected chi connectivity index (χ0v) is 13.7. The van der Waals surface area contributed by atoms with E-state index in [1.165, 1.54) is 22.2 Å². The summed E-state index contributed by atoms with van der Waals surface area (Å²) in [5.74, 6) is 0.0775. The molecule has 5 heteroatoms. The number of hydrogen-bond donors (Lipinski definition) is 1. The number of aromatic hydroxyl groups is 1. The van der Waals surface area contributed by atoms with Crippen LogP contribution in [0.5, 0.6) is 5.75 Å². The maximum atomic E-state index is 12.4. The number of phenolic OH excluding ortho intramolecular Hbond substituents is 1. The Balaban J connectivity index is 1.89. The highest BCUT2D eigenvalue weighted by Gasteiger charge is 2.30. The minimum absolute atomic E-state index is 0.0746. The van der Waals surface area contributed by atoms with Crippen molar-refractivity contribution >= 4 is 34.6 Å². The van der Waals surface area contributed by atoms with Crippen molar-refractivity contribution in [1.29, 1.82) is 0 Å². The van der Waals surface area contributed by atoms with E-state index in [4.69, 9.17) is 0 Å². The predicted molar refractivity (Wildman–Crippen MR) is 94.7 cm³/mol. The minimum Gasteiger partial charge on any atom is -0.508 e. The van der Waals surface area contributed by atoms with Gasteiger partial charge in [-0.1, -0.05) is 35.9 Å². The smallest absolute Gasteiger partial charge is 0.266 e. The van der Waals surface area contributed by atoms with E-state index in [9.17, 15) is 9.90 Å². The van der Waals surface area contributed by atoms with Crippen molar-refractivity contribution in [3.8, 4) is 5.75 Å². The van der Waals surface area contributed by atoms with Crippen LogP contribution in [0.2, 0.25) is 0 Å². The number of rotatable bonds is 2. The fraction of sp³-hybridized carbons (Fsp3) is 0.111. The number of amidine groups is 1. The van der Waals surface area contributed by atoms with Crippen molar-refractivity contribution in [1.82, 2.24) is 4.90 Å². The molecule has 0 atom stereocenters. The Morgan fingerprint density at radius 1 is 1.17 bits per heavy atom. The van der Waals surface area contributed by atoms with Gasteiger partial charge in [0, 0.05) is 13.1 Å². The Kier molecular flexibility index (Phi) is 4.21. The first-order valence-corrected chi connectivity index (χ1v) is 7.96. The van der Waals surface area contributed by atoms with Crippen LogP contribution in [0.4, 0.5) is 5.69 Å². The number of carbonyl (C=O) groups excluding carboxylic acids is 1. The largest absolute Gasteiger partial charge is 0.508 e. The van der Waals surface area contributed by atoms with Crippen LogP contribution >= 0.6 is 11.8 Å². The number of thioether (sulfide) groups is 1. The van der Waals surface area contributed by atoms with E-state index in [2.05, 4.69) is 4.99 Å². The van der Waals surface area contributed by atoms with Crippen molar-refractivity contribution in [2.75, 3.05) is 7.05 Å². The first-order valence-electron chi connectivity index (χ1n) is 7.15. The third-order valence-corrected chi connectivity index (χ3v) is 4.49. The summed E-state index contributed by atoms with van der Waals surface area (Å²) in [6.45, 7) is 2.03. The molecule has 116 valence electrons. The van der Waals surface area contributed by atoms with Crippen molar-refractivity contribution in [2.24, 2.45) is 4.99 Å². The molecule has 1 aliphatic heterocycles. The van der Waals surface area contributed by atoms with Crippen LogP contribution in [0.1, 0.15) is 11.1 Å². The monoisotopic (exact) mass is 324 g/mol. The molecule has 1 fully saturated rings. The van der Waals surface area contributed by atoms with E-state index in [1.54, 1.807) is 31.3 Å². The lowest BCUT2D eigenvalue weighted by Gasteiger charge is -2.07. The lowest BCUT2D eigenvalue weighted by Crippen LogP contribution is -2.23. The van der Waals surface area contributed by atoms with Gasteiger partial charge in [0.05, 0.1) is 10.6 Å². The molecule has 1 N–H and O–H groups in total. The lowest BCUT2D eigenvalue weighted by atomic mass is 10.1. The first-order chi connectivity index (χ1) is 11.0. The number of nitrogens with zero attached hydrogens (tertiary/aromatic N) is 2. The Bertz CT molecular complexity index is 810. The summed E-state index contributed by atoms with van der Waals surface area (Å²) in [5.41, 5.74) is 2.78. The summed E-state index contributed by atoms with van der Waals surface area (Å²) in [7, 11) is 1.70. The minimum atomic E-state index is -0.0746. The molecule has 0 aromatic heterocycles. The number of amides is 1. The summed E-state index contributed by atoms with van der Waals surface area (Å²) in [6.07, 6.45) is 1.87. The molecule has 1 amide bonds. The lowest BCUT2D eigenvalue weighted by molar-refractivity contribution is -0.121. The number of aryl methyl sites for hydroxylation is 1. The number of hydrogen-bond acceptors (Lipinski definition) is 4. The van der Waals surface area contributed by atoms with E-state index >= 15 is 0 Å². The van der Waals surface area contributed by atoms with Gasteiger partial charge in [-0.2, -0.15) is 0 Å². The van der Waals surface area contributed by atoms with Crippen molar-refractivity contribution in [3.05, 3.63) is 64.6 Å². The summed E-state index contributed by atoms with van der Waals surface area (Å²) >= 11 is 1.33. The predicted octanol–water partition coefficient (Wildman–Crippen LogP) is 3.93. The van der Waals surface area contributed by atoms with Crippen LogP contribution in [0.25, 0.3) is 6.08 Å². The van der Waals surface area contributed by atoms with E-state index in [1.807, 2.05) is 37.3 Å². The molecule has 1 heterocycles. The fourth-order valence-corrected chi connectivity index (χ4v) is 3.13. The van der Waals surface area contributed by atoms with Crippen molar-refractivity contribution in [2.45, 2.75) is 6.92 Å². The summed E-state index contributed by atoms with van der Waals surface area (Å²) in [4.78, 5) is 18.9. The number of likely N-dealkylation sites (N-methyl/N-ethyl adjacent to an activating group) is 1. The molecule has 2 aromatic rings. The van der Waals surface area contributed by atoms with Crippen LogP contribution in [0, 0.1) is 6.92 Å². The zero-order valence-electron chi connectivity index (χ0n) is 12.9. The second-order valence-corrected chi connectivity index (χ2v) is 6.31. The number of phenols is 1. The summed E-state index contributed by atoms with van der Waals surface area (Å²) in [5, 5.41) is 10.1. The fourth-order valence-electron chi connectivity index (χ4n) is 2.14. The molecular formula is C18H16N2O2S.